The smallest absolute Gasteiger partial charge is 0.162 e. The molecule has 90 valence electrons. The highest BCUT2D eigenvalue weighted by Crippen LogP contribution is 2.34. The average molecular weight is 227 g/mol. The lowest BCUT2D eigenvalue weighted by atomic mass is 10.1. The van der Waals surface area contributed by atoms with Crippen LogP contribution in [0.1, 0.15) is 12.5 Å². The monoisotopic (exact) mass is 227 g/mol. The number of aryl methyl sites for hydroxylation is 1. The molecule has 16 heavy (non-hydrogen) atoms. The normalized spacial score (nSPS) is 10.1. The summed E-state index contributed by atoms with van der Waals surface area (Å²) in [4.78, 5) is 4.74. The van der Waals surface area contributed by atoms with Crippen molar-refractivity contribution in [3.8, 4) is 11.5 Å². The zero-order chi connectivity index (χ0) is 12.1. The van der Waals surface area contributed by atoms with Gasteiger partial charge in [0.2, 0.25) is 0 Å². The number of ether oxygens (including phenoxy) is 2. The highest BCUT2D eigenvalue weighted by Gasteiger charge is 2.14. The first-order chi connectivity index (χ1) is 7.67. The number of rotatable bonds is 5. The molecule has 1 aromatic carbocycles. The third kappa shape index (κ3) is 2.37. The van der Waals surface area contributed by atoms with E-state index in [-0.39, 0.29) is 0 Å². The topological polar surface area (TPSA) is 51.2 Å². The Morgan fingerprint density at radius 2 is 1.69 bits per heavy atom. The van der Waals surface area contributed by atoms with Gasteiger partial charge in [-0.1, -0.05) is 6.92 Å². The second kappa shape index (κ2) is 5.58. The zero-order valence-corrected chi connectivity index (χ0v) is 9.98. The summed E-state index contributed by atoms with van der Waals surface area (Å²) in [5, 5.41) is 10.2. The van der Waals surface area contributed by atoms with Crippen LogP contribution in [0.2, 0.25) is 0 Å². The van der Waals surface area contributed by atoms with Gasteiger partial charge in [-0.15, -0.1) is 5.23 Å². The maximum absolute atomic E-state index is 9.54. The van der Waals surface area contributed by atoms with Crippen LogP contribution in [-0.4, -0.2) is 26.5 Å². The van der Waals surface area contributed by atoms with Crippen LogP contribution in [0, 0.1) is 0 Å². The average Bonchev–Trinajstić information content (AvgIpc) is 2.35. The number of hydrogen-bond acceptors (Lipinski definition) is 5. The molecule has 0 radical (unpaired) electrons. The second-order valence-electron chi connectivity index (χ2n) is 3.14. The quantitative estimate of drug-likeness (QED) is 0.780. The van der Waals surface area contributed by atoms with Crippen LogP contribution in [0.3, 0.4) is 0 Å². The molecular formula is C11H17NO4. The van der Waals surface area contributed by atoms with Crippen molar-refractivity contribution in [2.75, 3.05) is 26.6 Å². The minimum atomic E-state index is 0.544. The molecule has 0 aromatic heterocycles. The number of nitrogens with zero attached hydrogens (tertiary/aromatic N) is 1. The fraction of sp³-hybridized carbons (Fsp3) is 0.455. The van der Waals surface area contributed by atoms with E-state index >= 15 is 0 Å². The van der Waals surface area contributed by atoms with Crippen LogP contribution in [0.5, 0.6) is 11.5 Å². The van der Waals surface area contributed by atoms with Gasteiger partial charge in [0, 0.05) is 6.07 Å². The molecule has 1 N–H and O–H groups in total. The Hall–Kier alpha value is -1.46. The lowest BCUT2D eigenvalue weighted by molar-refractivity contribution is -0.0114. The second-order valence-corrected chi connectivity index (χ2v) is 3.14. The molecule has 0 aliphatic rings. The van der Waals surface area contributed by atoms with Crippen LogP contribution in [0.15, 0.2) is 12.1 Å². The molecule has 0 spiro atoms. The van der Waals surface area contributed by atoms with Gasteiger partial charge in [0.25, 0.3) is 0 Å². The highest BCUT2D eigenvalue weighted by molar-refractivity contribution is 5.59. The van der Waals surface area contributed by atoms with Crippen molar-refractivity contribution in [1.82, 2.24) is 0 Å². The third-order valence-electron chi connectivity index (χ3n) is 2.34. The van der Waals surface area contributed by atoms with Gasteiger partial charge in [-0.2, -0.15) is 0 Å². The predicted octanol–water partition coefficient (Wildman–Crippen LogP) is 2.02. The Bertz CT molecular complexity index is 354. The molecule has 0 heterocycles. The van der Waals surface area contributed by atoms with E-state index in [1.54, 1.807) is 20.3 Å². The van der Waals surface area contributed by atoms with E-state index < -0.39 is 0 Å². The van der Waals surface area contributed by atoms with Crippen molar-refractivity contribution in [2.45, 2.75) is 13.3 Å². The first-order valence-electron chi connectivity index (χ1n) is 4.95. The van der Waals surface area contributed by atoms with Crippen molar-refractivity contribution in [2.24, 2.45) is 0 Å². The molecular weight excluding hydrogens is 210 g/mol. The SMILES string of the molecule is CCc1cc(OC)c(OC)cc1N(O)OC. The van der Waals surface area contributed by atoms with Crippen LogP contribution in [0.25, 0.3) is 0 Å². The summed E-state index contributed by atoms with van der Waals surface area (Å²) in [5.41, 5.74) is 1.45. The van der Waals surface area contributed by atoms with Gasteiger partial charge in [0.05, 0.1) is 21.3 Å². The number of anilines is 1. The van der Waals surface area contributed by atoms with Crippen LogP contribution >= 0.6 is 0 Å². The van der Waals surface area contributed by atoms with Gasteiger partial charge in [-0.25, -0.2) is 0 Å². The Morgan fingerprint density at radius 1 is 1.12 bits per heavy atom. The zero-order valence-electron chi connectivity index (χ0n) is 9.98. The Balaban J connectivity index is 3.25. The maximum Gasteiger partial charge on any atom is 0.162 e. The Morgan fingerprint density at radius 3 is 2.12 bits per heavy atom. The van der Waals surface area contributed by atoms with Crippen molar-refractivity contribution in [1.29, 1.82) is 0 Å². The van der Waals surface area contributed by atoms with E-state index in [1.807, 2.05) is 13.0 Å². The van der Waals surface area contributed by atoms with Gasteiger partial charge in [0.1, 0.15) is 5.69 Å². The van der Waals surface area contributed by atoms with E-state index in [1.165, 1.54) is 7.11 Å². The van der Waals surface area contributed by atoms with E-state index in [9.17, 15) is 5.21 Å². The van der Waals surface area contributed by atoms with Gasteiger partial charge >= 0.3 is 0 Å². The van der Waals surface area contributed by atoms with Gasteiger partial charge in [-0.3, -0.25) is 10.0 Å². The summed E-state index contributed by atoms with van der Waals surface area (Å²) in [7, 11) is 4.50. The molecule has 0 aliphatic carbocycles. The fourth-order valence-corrected chi connectivity index (χ4v) is 1.47. The molecule has 0 aliphatic heterocycles. The molecule has 0 bridgehead atoms. The molecule has 1 aromatic rings. The number of hydrogen-bond donors (Lipinski definition) is 1. The summed E-state index contributed by atoms with van der Waals surface area (Å²) >= 11 is 0. The molecule has 5 nitrogen and oxygen atoms in total. The number of methoxy groups -OCH3 is 2. The van der Waals surface area contributed by atoms with Gasteiger partial charge in [0.15, 0.2) is 11.5 Å². The van der Waals surface area contributed by atoms with Crippen LogP contribution in [-0.2, 0) is 11.3 Å². The molecule has 0 amide bonds. The molecule has 1 rings (SSSR count). The lowest BCUT2D eigenvalue weighted by Gasteiger charge is -2.19. The first kappa shape index (κ1) is 12.6. The van der Waals surface area contributed by atoms with Gasteiger partial charge in [-0.05, 0) is 18.1 Å². The maximum atomic E-state index is 9.54. The Kier molecular flexibility index (Phi) is 4.39. The molecule has 0 saturated heterocycles. The summed E-state index contributed by atoms with van der Waals surface area (Å²) in [6.45, 7) is 1.98. The summed E-state index contributed by atoms with van der Waals surface area (Å²) in [6, 6.07) is 3.48. The number of benzene rings is 1. The van der Waals surface area contributed by atoms with Crippen molar-refractivity contribution in [3.05, 3.63) is 17.7 Å². The Labute approximate surface area is 95.1 Å². The van der Waals surface area contributed by atoms with E-state index in [2.05, 4.69) is 0 Å². The predicted molar refractivity (Wildman–Crippen MR) is 60.2 cm³/mol. The highest BCUT2D eigenvalue weighted by atomic mass is 16.9. The van der Waals surface area contributed by atoms with Crippen molar-refractivity contribution >= 4 is 5.69 Å². The standard InChI is InChI=1S/C11H17NO4/c1-5-8-6-10(14-2)11(15-3)7-9(8)12(13)16-4/h6-7,13H,5H2,1-4H3. The first-order valence-corrected chi connectivity index (χ1v) is 4.95. The van der Waals surface area contributed by atoms with Gasteiger partial charge < -0.3 is 9.47 Å². The van der Waals surface area contributed by atoms with E-state index in [0.29, 0.717) is 22.4 Å². The van der Waals surface area contributed by atoms with Crippen LogP contribution in [0.4, 0.5) is 5.69 Å². The third-order valence-corrected chi connectivity index (χ3v) is 2.34. The molecule has 0 unspecified atom stereocenters. The fourth-order valence-electron chi connectivity index (χ4n) is 1.47. The lowest BCUT2D eigenvalue weighted by Crippen LogP contribution is -2.17. The summed E-state index contributed by atoms with van der Waals surface area (Å²) < 4.78 is 10.3. The summed E-state index contributed by atoms with van der Waals surface area (Å²) in [5.74, 6) is 1.18. The van der Waals surface area contributed by atoms with Crippen molar-refractivity contribution < 1.29 is 19.5 Å². The minimum Gasteiger partial charge on any atom is -0.493 e. The molecule has 0 atom stereocenters. The molecule has 5 heteroatoms. The minimum absolute atomic E-state index is 0.544. The van der Waals surface area contributed by atoms with Crippen molar-refractivity contribution in [3.63, 3.8) is 0 Å². The summed E-state index contributed by atoms with van der Waals surface area (Å²) in [6.07, 6.45) is 0.746. The molecule has 0 saturated carbocycles. The largest absolute Gasteiger partial charge is 0.493 e. The van der Waals surface area contributed by atoms with Crippen LogP contribution < -0.4 is 14.7 Å². The van der Waals surface area contributed by atoms with E-state index in [4.69, 9.17) is 14.3 Å². The van der Waals surface area contributed by atoms with E-state index in [0.717, 1.165) is 12.0 Å². The molecule has 0 fully saturated rings.